The molecule has 1 fully saturated rings. The predicted molar refractivity (Wildman–Crippen MR) is 128 cm³/mol. The van der Waals surface area contributed by atoms with Gasteiger partial charge < -0.3 is 9.80 Å². The van der Waals surface area contributed by atoms with Crippen LogP contribution in [0.2, 0.25) is 0 Å². The van der Waals surface area contributed by atoms with Gasteiger partial charge in [-0.15, -0.1) is 0 Å². The normalized spacial score (nSPS) is 17.9. The molecule has 1 aliphatic carbocycles. The van der Waals surface area contributed by atoms with Crippen molar-refractivity contribution in [2.24, 2.45) is 4.99 Å². The highest BCUT2D eigenvalue weighted by molar-refractivity contribution is 6.07. The van der Waals surface area contributed by atoms with Crippen molar-refractivity contribution in [3.8, 4) is 0 Å². The number of piperazine rings is 1. The molecular formula is C27H26N4. The Labute approximate surface area is 183 Å². The molecule has 0 amide bonds. The van der Waals surface area contributed by atoms with Crippen molar-refractivity contribution < 1.29 is 0 Å². The maximum absolute atomic E-state index is 4.98. The van der Waals surface area contributed by atoms with Gasteiger partial charge in [0.1, 0.15) is 0 Å². The van der Waals surface area contributed by atoms with Gasteiger partial charge in [-0.1, -0.05) is 18.2 Å². The van der Waals surface area contributed by atoms with Crippen LogP contribution in [0.4, 0.5) is 11.4 Å². The lowest BCUT2D eigenvalue weighted by atomic mass is 9.99. The number of aromatic nitrogens is 1. The Kier molecular flexibility index (Phi) is 4.46. The first kappa shape index (κ1) is 18.5. The van der Waals surface area contributed by atoms with E-state index in [-0.39, 0.29) is 0 Å². The van der Waals surface area contributed by atoms with E-state index < -0.39 is 0 Å². The molecule has 2 aliphatic heterocycles. The molecule has 6 rings (SSSR count). The highest BCUT2D eigenvalue weighted by Crippen LogP contribution is 2.35. The Hall–Kier alpha value is -3.24. The third kappa shape index (κ3) is 3.47. The second-order valence-electron chi connectivity index (χ2n) is 8.81. The predicted octanol–water partition coefficient (Wildman–Crippen LogP) is 4.61. The van der Waals surface area contributed by atoms with Gasteiger partial charge in [0.05, 0.1) is 17.1 Å². The molecule has 31 heavy (non-hydrogen) atoms. The number of likely N-dealkylation sites (N-methyl/N-ethyl adjacent to an activating group) is 1. The average Bonchev–Trinajstić information content (AvgIpc) is 3.43. The molecule has 1 aromatic heterocycles. The van der Waals surface area contributed by atoms with Crippen LogP contribution >= 0.6 is 0 Å². The van der Waals surface area contributed by atoms with Crippen LogP contribution in [-0.2, 0) is 12.8 Å². The van der Waals surface area contributed by atoms with Crippen molar-refractivity contribution in [2.75, 3.05) is 38.1 Å². The molecule has 154 valence electrons. The first-order chi connectivity index (χ1) is 15.2. The number of nitrogens with zero attached hydrogens (tertiary/aromatic N) is 4. The second-order valence-corrected chi connectivity index (χ2v) is 8.81. The summed E-state index contributed by atoms with van der Waals surface area (Å²) < 4.78 is 0. The molecule has 0 radical (unpaired) electrons. The number of aliphatic imine (C=N–C) groups is 1. The fraction of sp³-hybridized carbons (Fsp3) is 0.259. The van der Waals surface area contributed by atoms with Crippen LogP contribution in [0.3, 0.4) is 0 Å². The van der Waals surface area contributed by atoms with E-state index in [0.29, 0.717) is 0 Å². The summed E-state index contributed by atoms with van der Waals surface area (Å²) in [5, 5.41) is 0. The highest BCUT2D eigenvalue weighted by atomic mass is 15.2. The number of anilines is 1. The van der Waals surface area contributed by atoms with E-state index in [1.165, 1.54) is 39.2 Å². The van der Waals surface area contributed by atoms with Gasteiger partial charge in [0.2, 0.25) is 0 Å². The Morgan fingerprint density at radius 2 is 1.74 bits per heavy atom. The van der Waals surface area contributed by atoms with Crippen molar-refractivity contribution in [2.45, 2.75) is 12.8 Å². The second kappa shape index (κ2) is 7.47. The highest BCUT2D eigenvalue weighted by Gasteiger charge is 2.22. The van der Waals surface area contributed by atoms with Crippen molar-refractivity contribution in [1.29, 1.82) is 0 Å². The number of hydrogen-bond donors (Lipinski definition) is 0. The third-order valence-corrected chi connectivity index (χ3v) is 6.73. The molecule has 0 spiro atoms. The van der Waals surface area contributed by atoms with Crippen molar-refractivity contribution in [3.05, 3.63) is 88.7 Å². The quantitative estimate of drug-likeness (QED) is 0.637. The summed E-state index contributed by atoms with van der Waals surface area (Å²) in [6.45, 7) is 4.45. The van der Waals surface area contributed by atoms with Crippen LogP contribution in [0, 0.1) is 0 Å². The molecule has 1 saturated heterocycles. The zero-order valence-electron chi connectivity index (χ0n) is 17.9. The topological polar surface area (TPSA) is 31.7 Å². The van der Waals surface area contributed by atoms with E-state index in [1.807, 2.05) is 12.3 Å². The molecule has 2 aromatic carbocycles. The Morgan fingerprint density at radius 1 is 0.839 bits per heavy atom. The Morgan fingerprint density at radius 3 is 2.58 bits per heavy atom. The molecule has 0 saturated carbocycles. The summed E-state index contributed by atoms with van der Waals surface area (Å²) in [5.74, 6) is 0. The summed E-state index contributed by atoms with van der Waals surface area (Å²) in [5.41, 5.74) is 11.3. The fourth-order valence-corrected chi connectivity index (χ4v) is 4.86. The van der Waals surface area contributed by atoms with Crippen LogP contribution in [0.5, 0.6) is 0 Å². The first-order valence-corrected chi connectivity index (χ1v) is 11.1. The number of fused-ring (bicyclic) bond motifs is 2. The fourth-order valence-electron chi connectivity index (χ4n) is 4.86. The largest absolute Gasteiger partial charge is 0.369 e. The average molecular weight is 407 g/mol. The first-order valence-electron chi connectivity index (χ1n) is 11.1. The molecule has 0 unspecified atom stereocenters. The van der Waals surface area contributed by atoms with Gasteiger partial charge in [-0.3, -0.25) is 9.98 Å². The molecule has 3 aromatic rings. The van der Waals surface area contributed by atoms with E-state index >= 15 is 0 Å². The van der Waals surface area contributed by atoms with Gasteiger partial charge in [0.25, 0.3) is 0 Å². The van der Waals surface area contributed by atoms with E-state index in [0.717, 1.165) is 50.4 Å². The summed E-state index contributed by atoms with van der Waals surface area (Å²) in [4.78, 5) is 14.4. The monoisotopic (exact) mass is 406 g/mol. The van der Waals surface area contributed by atoms with E-state index in [9.17, 15) is 0 Å². The van der Waals surface area contributed by atoms with Crippen LogP contribution in [0.1, 0.15) is 27.9 Å². The van der Waals surface area contributed by atoms with Crippen LogP contribution in [0.15, 0.2) is 65.8 Å². The van der Waals surface area contributed by atoms with Crippen molar-refractivity contribution in [3.63, 3.8) is 0 Å². The lowest BCUT2D eigenvalue weighted by Gasteiger charge is -2.34. The summed E-state index contributed by atoms with van der Waals surface area (Å²) in [6.07, 6.45) is 5.99. The van der Waals surface area contributed by atoms with Crippen molar-refractivity contribution >= 4 is 28.7 Å². The number of allylic oxidation sites excluding steroid dienone is 1. The molecule has 0 N–H and O–H groups in total. The Bertz CT molecular complexity index is 1200. The standard InChI is InChI=1S/C27H26N4/c1-30-10-12-31(13-11-30)24-7-8-26-23(17-24)18-27(29-26)20-6-5-19-14-22(16-21(19)15-20)25-4-2-3-9-28-25/h2-9,14-15,17H,10-13,16,18H2,1H3. The Balaban J connectivity index is 1.21. The maximum Gasteiger partial charge on any atom is 0.0670 e. The third-order valence-electron chi connectivity index (χ3n) is 6.73. The summed E-state index contributed by atoms with van der Waals surface area (Å²) in [7, 11) is 2.20. The van der Waals surface area contributed by atoms with Crippen LogP contribution < -0.4 is 4.90 Å². The SMILES string of the molecule is CN1CCN(c2ccc3c(c2)CC(c2ccc4c(c2)CC(c2ccccn2)=C4)=N3)CC1. The van der Waals surface area contributed by atoms with Crippen LogP contribution in [-0.4, -0.2) is 48.8 Å². The molecule has 3 aliphatic rings. The number of pyridine rings is 1. The summed E-state index contributed by atoms with van der Waals surface area (Å²) in [6, 6.07) is 19.7. The molecule has 0 bridgehead atoms. The van der Waals surface area contributed by atoms with E-state index in [4.69, 9.17) is 4.99 Å². The van der Waals surface area contributed by atoms with Gasteiger partial charge in [0, 0.05) is 50.9 Å². The zero-order valence-corrected chi connectivity index (χ0v) is 17.9. The maximum atomic E-state index is 4.98. The minimum absolute atomic E-state index is 0.913. The minimum atomic E-state index is 0.913. The molecule has 4 heteroatoms. The lowest BCUT2D eigenvalue weighted by Crippen LogP contribution is -2.44. The van der Waals surface area contributed by atoms with Gasteiger partial charge in [-0.2, -0.15) is 0 Å². The number of rotatable bonds is 3. The van der Waals surface area contributed by atoms with E-state index in [2.05, 4.69) is 76.4 Å². The molecule has 3 heterocycles. The lowest BCUT2D eigenvalue weighted by molar-refractivity contribution is 0.313. The van der Waals surface area contributed by atoms with Gasteiger partial charge in [-0.25, -0.2) is 0 Å². The zero-order chi connectivity index (χ0) is 20.8. The minimum Gasteiger partial charge on any atom is -0.369 e. The van der Waals surface area contributed by atoms with Gasteiger partial charge in [0.15, 0.2) is 0 Å². The molecular weight excluding hydrogens is 380 g/mol. The van der Waals surface area contributed by atoms with E-state index in [1.54, 1.807) is 0 Å². The van der Waals surface area contributed by atoms with Crippen molar-refractivity contribution in [1.82, 2.24) is 9.88 Å². The smallest absolute Gasteiger partial charge is 0.0670 e. The van der Waals surface area contributed by atoms with Crippen LogP contribution in [0.25, 0.3) is 11.6 Å². The summed E-state index contributed by atoms with van der Waals surface area (Å²) >= 11 is 0. The molecule has 4 nitrogen and oxygen atoms in total. The van der Waals surface area contributed by atoms with Gasteiger partial charge >= 0.3 is 0 Å². The number of hydrogen-bond acceptors (Lipinski definition) is 4. The number of benzene rings is 2. The molecule has 0 atom stereocenters. The van der Waals surface area contributed by atoms with Gasteiger partial charge in [-0.05, 0) is 77.3 Å².